The van der Waals surface area contributed by atoms with Crippen molar-refractivity contribution in [2.75, 3.05) is 11.1 Å². The SMILES string of the molecule is Nc1ccc(Nc2c(Cl)cc(F)cc2Cl)c(C(=O)O)c1. The van der Waals surface area contributed by atoms with Crippen molar-refractivity contribution in [3.63, 3.8) is 0 Å². The Balaban J connectivity index is 2.48. The monoisotopic (exact) mass is 314 g/mol. The molecule has 0 aliphatic rings. The molecule has 104 valence electrons. The van der Waals surface area contributed by atoms with Crippen LogP contribution in [0.25, 0.3) is 0 Å². The average molecular weight is 315 g/mol. The van der Waals surface area contributed by atoms with Gasteiger partial charge in [0.05, 0.1) is 27.0 Å². The van der Waals surface area contributed by atoms with Gasteiger partial charge >= 0.3 is 5.97 Å². The lowest BCUT2D eigenvalue weighted by Gasteiger charge is -2.13. The first kappa shape index (κ1) is 14.4. The number of anilines is 3. The number of rotatable bonds is 3. The molecule has 2 aromatic carbocycles. The van der Waals surface area contributed by atoms with E-state index >= 15 is 0 Å². The number of carbonyl (C=O) groups is 1. The molecule has 0 radical (unpaired) electrons. The van der Waals surface area contributed by atoms with E-state index in [1.165, 1.54) is 18.2 Å². The van der Waals surface area contributed by atoms with Gasteiger partial charge in [-0.15, -0.1) is 0 Å². The van der Waals surface area contributed by atoms with Crippen LogP contribution < -0.4 is 11.1 Å². The molecule has 0 saturated heterocycles. The van der Waals surface area contributed by atoms with Crippen LogP contribution in [-0.2, 0) is 0 Å². The number of aromatic carboxylic acids is 1. The van der Waals surface area contributed by atoms with Crippen LogP contribution in [0, 0.1) is 5.82 Å². The lowest BCUT2D eigenvalue weighted by molar-refractivity contribution is 0.0698. The van der Waals surface area contributed by atoms with Gasteiger partial charge in [-0.25, -0.2) is 9.18 Å². The van der Waals surface area contributed by atoms with Gasteiger partial charge in [-0.05, 0) is 30.3 Å². The molecule has 20 heavy (non-hydrogen) atoms. The number of nitrogens with one attached hydrogen (secondary N) is 1. The second kappa shape index (κ2) is 5.56. The summed E-state index contributed by atoms with van der Waals surface area (Å²) >= 11 is 11.8. The summed E-state index contributed by atoms with van der Waals surface area (Å²) in [4.78, 5) is 11.2. The van der Waals surface area contributed by atoms with Crippen molar-refractivity contribution < 1.29 is 14.3 Å². The normalized spacial score (nSPS) is 10.3. The van der Waals surface area contributed by atoms with E-state index in [0.29, 0.717) is 5.69 Å². The van der Waals surface area contributed by atoms with E-state index in [-0.39, 0.29) is 27.0 Å². The van der Waals surface area contributed by atoms with Crippen molar-refractivity contribution in [2.45, 2.75) is 0 Å². The maximum absolute atomic E-state index is 13.1. The Morgan fingerprint density at radius 1 is 1.20 bits per heavy atom. The van der Waals surface area contributed by atoms with Crippen LogP contribution in [-0.4, -0.2) is 11.1 Å². The summed E-state index contributed by atoms with van der Waals surface area (Å²) in [5.41, 5.74) is 6.29. The fraction of sp³-hybridized carbons (Fsp3) is 0. The van der Waals surface area contributed by atoms with Crippen molar-refractivity contribution >= 4 is 46.2 Å². The van der Waals surface area contributed by atoms with E-state index in [1.807, 2.05) is 0 Å². The summed E-state index contributed by atoms with van der Waals surface area (Å²) in [5.74, 6) is -1.74. The number of carboxylic acid groups (broad SMARTS) is 1. The number of nitrogens with two attached hydrogens (primary N) is 1. The standard InChI is InChI=1S/C13H9Cl2FN2O2/c14-9-3-6(16)4-10(15)12(9)18-11-2-1-7(17)5-8(11)13(19)20/h1-5,18H,17H2,(H,19,20). The lowest BCUT2D eigenvalue weighted by atomic mass is 10.1. The highest BCUT2D eigenvalue weighted by molar-refractivity contribution is 6.39. The molecule has 0 amide bonds. The second-order valence-corrected chi connectivity index (χ2v) is 4.79. The van der Waals surface area contributed by atoms with Crippen molar-refractivity contribution in [3.05, 3.63) is 51.8 Å². The summed E-state index contributed by atoms with van der Waals surface area (Å²) in [6.07, 6.45) is 0. The zero-order valence-corrected chi connectivity index (χ0v) is 11.5. The minimum absolute atomic E-state index is 0.0403. The fourth-order valence-corrected chi connectivity index (χ4v) is 2.20. The third-order valence-corrected chi connectivity index (χ3v) is 3.14. The Hall–Kier alpha value is -1.98. The number of nitrogen functional groups attached to an aromatic ring is 1. The second-order valence-electron chi connectivity index (χ2n) is 3.98. The van der Waals surface area contributed by atoms with Gasteiger partial charge in [-0.2, -0.15) is 0 Å². The summed E-state index contributed by atoms with van der Waals surface area (Å²) < 4.78 is 13.1. The number of hydrogen-bond acceptors (Lipinski definition) is 3. The van der Waals surface area contributed by atoms with Crippen molar-refractivity contribution in [2.24, 2.45) is 0 Å². The molecule has 0 unspecified atom stereocenters. The first-order chi connectivity index (χ1) is 9.38. The minimum Gasteiger partial charge on any atom is -0.478 e. The zero-order valence-electron chi connectivity index (χ0n) is 9.95. The molecule has 0 bridgehead atoms. The molecule has 4 nitrogen and oxygen atoms in total. The number of benzene rings is 2. The predicted molar refractivity (Wildman–Crippen MR) is 77.5 cm³/mol. The highest BCUT2D eigenvalue weighted by Gasteiger charge is 2.14. The molecule has 0 atom stereocenters. The summed E-state index contributed by atoms with van der Waals surface area (Å²) in [6, 6.07) is 6.46. The number of carboxylic acids is 1. The van der Waals surface area contributed by atoms with Gasteiger partial charge in [0.15, 0.2) is 0 Å². The van der Waals surface area contributed by atoms with Crippen LogP contribution >= 0.6 is 23.2 Å². The van der Waals surface area contributed by atoms with Gasteiger partial charge in [-0.3, -0.25) is 0 Å². The maximum Gasteiger partial charge on any atom is 0.337 e. The van der Waals surface area contributed by atoms with E-state index < -0.39 is 11.8 Å². The Morgan fingerprint density at radius 2 is 1.80 bits per heavy atom. The first-order valence-electron chi connectivity index (χ1n) is 5.43. The summed E-state index contributed by atoms with van der Waals surface area (Å²) in [6.45, 7) is 0. The first-order valence-corrected chi connectivity index (χ1v) is 6.18. The molecular weight excluding hydrogens is 306 g/mol. The molecule has 0 spiro atoms. The van der Waals surface area contributed by atoms with E-state index in [2.05, 4.69) is 5.32 Å². The molecule has 0 heterocycles. The van der Waals surface area contributed by atoms with Crippen LogP contribution in [0.3, 0.4) is 0 Å². The minimum atomic E-state index is -1.16. The van der Waals surface area contributed by atoms with Crippen LogP contribution in [0.2, 0.25) is 10.0 Å². The Labute approximate surface area is 123 Å². The third-order valence-electron chi connectivity index (χ3n) is 2.54. The quantitative estimate of drug-likeness (QED) is 0.744. The zero-order chi connectivity index (χ0) is 14.9. The smallest absolute Gasteiger partial charge is 0.337 e. The summed E-state index contributed by atoms with van der Waals surface area (Å²) in [5, 5.41) is 12.0. The lowest BCUT2D eigenvalue weighted by Crippen LogP contribution is -2.04. The van der Waals surface area contributed by atoms with Gasteiger partial charge in [0.2, 0.25) is 0 Å². The molecule has 2 rings (SSSR count). The predicted octanol–water partition coefficient (Wildman–Crippen LogP) is 4.16. The van der Waals surface area contributed by atoms with Crippen LogP contribution in [0.4, 0.5) is 21.5 Å². The highest BCUT2D eigenvalue weighted by Crippen LogP contribution is 2.35. The Morgan fingerprint density at radius 3 is 2.35 bits per heavy atom. The van der Waals surface area contributed by atoms with Crippen LogP contribution in [0.1, 0.15) is 10.4 Å². The van der Waals surface area contributed by atoms with E-state index in [4.69, 9.17) is 34.0 Å². The molecule has 0 aromatic heterocycles. The number of halogens is 3. The molecule has 4 N–H and O–H groups in total. The van der Waals surface area contributed by atoms with E-state index in [9.17, 15) is 9.18 Å². The van der Waals surface area contributed by atoms with E-state index in [1.54, 1.807) is 0 Å². The molecular formula is C13H9Cl2FN2O2. The molecule has 0 fully saturated rings. The van der Waals surface area contributed by atoms with Gasteiger partial charge in [0.1, 0.15) is 5.82 Å². The Kier molecular flexibility index (Phi) is 4.01. The average Bonchev–Trinajstić information content (AvgIpc) is 2.34. The van der Waals surface area contributed by atoms with Crippen molar-refractivity contribution in [1.29, 1.82) is 0 Å². The largest absolute Gasteiger partial charge is 0.478 e. The van der Waals surface area contributed by atoms with Crippen molar-refractivity contribution in [1.82, 2.24) is 0 Å². The molecule has 0 saturated carbocycles. The van der Waals surface area contributed by atoms with Gasteiger partial charge in [0, 0.05) is 5.69 Å². The molecule has 0 aliphatic heterocycles. The summed E-state index contributed by atoms with van der Waals surface area (Å²) in [7, 11) is 0. The highest BCUT2D eigenvalue weighted by atomic mass is 35.5. The van der Waals surface area contributed by atoms with E-state index in [0.717, 1.165) is 12.1 Å². The van der Waals surface area contributed by atoms with Gasteiger partial charge in [-0.1, -0.05) is 23.2 Å². The van der Waals surface area contributed by atoms with Crippen LogP contribution in [0.15, 0.2) is 30.3 Å². The van der Waals surface area contributed by atoms with Gasteiger partial charge < -0.3 is 16.2 Å². The number of hydrogen-bond donors (Lipinski definition) is 3. The molecule has 7 heteroatoms. The molecule has 0 aliphatic carbocycles. The van der Waals surface area contributed by atoms with Crippen LogP contribution in [0.5, 0.6) is 0 Å². The van der Waals surface area contributed by atoms with Crippen molar-refractivity contribution in [3.8, 4) is 0 Å². The third kappa shape index (κ3) is 2.95. The van der Waals surface area contributed by atoms with Gasteiger partial charge in [0.25, 0.3) is 0 Å². The molecule has 2 aromatic rings. The fourth-order valence-electron chi connectivity index (χ4n) is 1.64. The maximum atomic E-state index is 13.1. The Bertz CT molecular complexity index is 669. The topological polar surface area (TPSA) is 75.3 Å².